The van der Waals surface area contributed by atoms with E-state index < -0.39 is 5.91 Å². The molecule has 1 aromatic carbocycles. The van der Waals surface area contributed by atoms with Crippen LogP contribution >= 0.6 is 0 Å². The van der Waals surface area contributed by atoms with Crippen molar-refractivity contribution in [3.63, 3.8) is 0 Å². The van der Waals surface area contributed by atoms with Crippen LogP contribution < -0.4 is 5.48 Å². The molecule has 0 aliphatic carbocycles. The lowest BCUT2D eigenvalue weighted by Gasteiger charge is -2.27. The van der Waals surface area contributed by atoms with Crippen LogP contribution in [0.25, 0.3) is 0 Å². The van der Waals surface area contributed by atoms with Gasteiger partial charge in [0.25, 0.3) is 5.91 Å². The Kier molecular flexibility index (Phi) is 4.38. The minimum atomic E-state index is -0.645. The molecule has 0 radical (unpaired) electrons. The zero-order chi connectivity index (χ0) is 16.2. The molecule has 0 fully saturated rings. The van der Waals surface area contributed by atoms with Gasteiger partial charge in [0.05, 0.1) is 18.8 Å². The topological polar surface area (TPSA) is 87.5 Å². The predicted molar refractivity (Wildman–Crippen MR) is 81.7 cm³/mol. The van der Waals surface area contributed by atoms with E-state index in [0.29, 0.717) is 32.5 Å². The number of fused-ring (bicyclic) bond motifs is 1. The van der Waals surface area contributed by atoms with Crippen molar-refractivity contribution in [1.82, 2.24) is 20.2 Å². The Balaban J connectivity index is 1.61. The van der Waals surface area contributed by atoms with Gasteiger partial charge < -0.3 is 4.90 Å². The van der Waals surface area contributed by atoms with Crippen LogP contribution in [0.3, 0.4) is 0 Å². The van der Waals surface area contributed by atoms with Gasteiger partial charge in [0.1, 0.15) is 0 Å². The first-order valence-electron chi connectivity index (χ1n) is 7.50. The molecule has 23 heavy (non-hydrogen) atoms. The van der Waals surface area contributed by atoms with Crippen LogP contribution in [-0.4, -0.2) is 38.2 Å². The fourth-order valence-electron chi connectivity index (χ4n) is 2.70. The zero-order valence-electron chi connectivity index (χ0n) is 12.6. The smallest absolute Gasteiger partial charge is 0.295 e. The van der Waals surface area contributed by atoms with Gasteiger partial charge in [-0.05, 0) is 18.1 Å². The summed E-state index contributed by atoms with van der Waals surface area (Å²) in [5, 5.41) is 12.8. The number of carbonyl (C=O) groups excluding carboxylic acids is 2. The lowest BCUT2D eigenvalue weighted by molar-refractivity contribution is -0.132. The first kappa shape index (κ1) is 15.2. The molecule has 0 spiro atoms. The normalized spacial score (nSPS) is 13.5. The SMILES string of the molecule is O=C(NO)c1cc2n(n1)CCN(C(=O)CCc1ccccc1)C2. The fourth-order valence-corrected chi connectivity index (χ4v) is 2.70. The molecule has 7 nitrogen and oxygen atoms in total. The molecule has 2 N–H and O–H groups in total. The molecule has 1 aromatic heterocycles. The highest BCUT2D eigenvalue weighted by Gasteiger charge is 2.23. The number of nitrogens with one attached hydrogen (secondary N) is 1. The average molecular weight is 314 g/mol. The first-order valence-corrected chi connectivity index (χ1v) is 7.50. The second kappa shape index (κ2) is 6.62. The summed E-state index contributed by atoms with van der Waals surface area (Å²) in [5.74, 6) is -0.552. The van der Waals surface area contributed by atoms with Gasteiger partial charge in [0.15, 0.2) is 5.69 Å². The number of hydrogen-bond acceptors (Lipinski definition) is 4. The summed E-state index contributed by atoms with van der Waals surface area (Å²) in [6.07, 6.45) is 1.18. The Labute approximate surface area is 133 Å². The quantitative estimate of drug-likeness (QED) is 0.650. The summed E-state index contributed by atoms with van der Waals surface area (Å²) in [6, 6.07) is 11.5. The summed E-state index contributed by atoms with van der Waals surface area (Å²) in [6.45, 7) is 1.55. The number of benzene rings is 1. The Morgan fingerprint density at radius 3 is 2.74 bits per heavy atom. The summed E-state index contributed by atoms with van der Waals surface area (Å²) in [7, 11) is 0. The summed E-state index contributed by atoms with van der Waals surface area (Å²) < 4.78 is 1.70. The van der Waals surface area contributed by atoms with E-state index in [-0.39, 0.29) is 11.6 Å². The largest absolute Gasteiger partial charge is 0.335 e. The fraction of sp³-hybridized carbons (Fsp3) is 0.312. The van der Waals surface area contributed by atoms with Crippen LogP contribution in [0.15, 0.2) is 36.4 Å². The number of aryl methyl sites for hydroxylation is 1. The Morgan fingerprint density at radius 1 is 1.22 bits per heavy atom. The van der Waals surface area contributed by atoms with Gasteiger partial charge in [0.2, 0.25) is 5.91 Å². The first-order chi connectivity index (χ1) is 11.2. The molecule has 3 rings (SSSR count). The molecule has 2 aromatic rings. The van der Waals surface area contributed by atoms with Crippen molar-refractivity contribution in [2.24, 2.45) is 0 Å². The zero-order valence-corrected chi connectivity index (χ0v) is 12.6. The van der Waals surface area contributed by atoms with Crippen molar-refractivity contribution in [1.29, 1.82) is 0 Å². The van der Waals surface area contributed by atoms with Gasteiger partial charge in [-0.2, -0.15) is 5.10 Å². The maximum atomic E-state index is 12.4. The van der Waals surface area contributed by atoms with Crippen LogP contribution in [0.1, 0.15) is 28.2 Å². The molecule has 0 saturated carbocycles. The number of carbonyl (C=O) groups is 2. The maximum absolute atomic E-state index is 12.4. The lowest BCUT2D eigenvalue weighted by atomic mass is 10.1. The van der Waals surface area contributed by atoms with E-state index in [1.165, 1.54) is 0 Å². The van der Waals surface area contributed by atoms with Crippen LogP contribution in [0, 0.1) is 0 Å². The van der Waals surface area contributed by atoms with Crippen molar-refractivity contribution in [3.8, 4) is 0 Å². The highest BCUT2D eigenvalue weighted by molar-refractivity contribution is 5.91. The van der Waals surface area contributed by atoms with Crippen LogP contribution in [0.2, 0.25) is 0 Å². The van der Waals surface area contributed by atoms with Crippen molar-refractivity contribution in [2.45, 2.75) is 25.9 Å². The Morgan fingerprint density at radius 2 is 2.00 bits per heavy atom. The van der Waals surface area contributed by atoms with Gasteiger partial charge in [-0.25, -0.2) is 5.48 Å². The van der Waals surface area contributed by atoms with Crippen LogP contribution in [0.5, 0.6) is 0 Å². The van der Waals surface area contributed by atoms with E-state index in [1.807, 2.05) is 30.3 Å². The van der Waals surface area contributed by atoms with Gasteiger partial charge in [-0.15, -0.1) is 0 Å². The molecule has 2 amide bonds. The number of rotatable bonds is 4. The third-order valence-corrected chi connectivity index (χ3v) is 3.96. The van der Waals surface area contributed by atoms with Gasteiger partial charge >= 0.3 is 0 Å². The number of hydroxylamine groups is 1. The molecule has 2 heterocycles. The highest BCUT2D eigenvalue weighted by atomic mass is 16.5. The van der Waals surface area contributed by atoms with Crippen molar-refractivity contribution < 1.29 is 14.8 Å². The van der Waals surface area contributed by atoms with Gasteiger partial charge in [-0.1, -0.05) is 30.3 Å². The van der Waals surface area contributed by atoms with Gasteiger partial charge in [0, 0.05) is 13.0 Å². The number of amides is 2. The molecule has 1 aliphatic rings. The molecular formula is C16H18N4O3. The minimum absolute atomic E-state index is 0.0921. The van der Waals surface area contributed by atoms with E-state index in [9.17, 15) is 9.59 Å². The van der Waals surface area contributed by atoms with Crippen molar-refractivity contribution >= 4 is 11.8 Å². The van der Waals surface area contributed by atoms with Crippen molar-refractivity contribution in [2.75, 3.05) is 6.54 Å². The second-order valence-corrected chi connectivity index (χ2v) is 5.49. The second-order valence-electron chi connectivity index (χ2n) is 5.49. The standard InChI is InChI=1S/C16H18N4O3/c21-15(7-6-12-4-2-1-3-5-12)19-8-9-20-13(11-19)10-14(17-20)16(22)18-23/h1-5,10,23H,6-9,11H2,(H,18,22). The third-order valence-electron chi connectivity index (χ3n) is 3.96. The minimum Gasteiger partial charge on any atom is -0.335 e. The predicted octanol–water partition coefficient (Wildman–Crippen LogP) is 0.977. The lowest BCUT2D eigenvalue weighted by Crippen LogP contribution is -2.38. The molecular weight excluding hydrogens is 296 g/mol. The van der Waals surface area contributed by atoms with E-state index in [2.05, 4.69) is 5.10 Å². The summed E-state index contributed by atoms with van der Waals surface area (Å²) in [4.78, 5) is 25.5. The van der Waals surface area contributed by atoms with Crippen LogP contribution in [0.4, 0.5) is 0 Å². The molecule has 0 saturated heterocycles. The van der Waals surface area contributed by atoms with Crippen LogP contribution in [-0.2, 0) is 24.3 Å². The third kappa shape index (κ3) is 3.40. The molecule has 120 valence electrons. The van der Waals surface area contributed by atoms with E-state index in [4.69, 9.17) is 5.21 Å². The maximum Gasteiger partial charge on any atom is 0.295 e. The number of aromatic nitrogens is 2. The molecule has 1 aliphatic heterocycles. The number of hydrogen-bond donors (Lipinski definition) is 2. The average Bonchev–Trinajstić information content (AvgIpc) is 3.03. The Hall–Kier alpha value is -2.67. The summed E-state index contributed by atoms with van der Waals surface area (Å²) >= 11 is 0. The van der Waals surface area contributed by atoms with Gasteiger partial charge in [-0.3, -0.25) is 19.5 Å². The molecule has 0 atom stereocenters. The molecule has 7 heteroatoms. The monoisotopic (exact) mass is 314 g/mol. The van der Waals surface area contributed by atoms with Crippen molar-refractivity contribution in [3.05, 3.63) is 53.3 Å². The van der Waals surface area contributed by atoms with E-state index in [0.717, 1.165) is 11.3 Å². The Bertz CT molecular complexity index is 711. The summed E-state index contributed by atoms with van der Waals surface area (Å²) in [5.41, 5.74) is 3.66. The molecule has 0 bridgehead atoms. The highest BCUT2D eigenvalue weighted by Crippen LogP contribution is 2.15. The van der Waals surface area contributed by atoms with E-state index >= 15 is 0 Å². The van der Waals surface area contributed by atoms with E-state index in [1.54, 1.807) is 21.1 Å². The molecule has 0 unspecified atom stereocenters. The number of nitrogens with zero attached hydrogens (tertiary/aromatic N) is 3.